The number of rotatable bonds is 4. The van der Waals surface area contributed by atoms with E-state index >= 15 is 0 Å². The largest absolute Gasteiger partial charge is 0.486 e. The number of hydrogen-bond acceptors (Lipinski definition) is 4. The molecule has 1 unspecified atom stereocenters. The van der Waals surface area contributed by atoms with Crippen LogP contribution >= 0.6 is 0 Å². The van der Waals surface area contributed by atoms with E-state index < -0.39 is 17.6 Å². The van der Waals surface area contributed by atoms with Gasteiger partial charge in [-0.25, -0.2) is 8.78 Å². The molecule has 4 rings (SSSR count). The molecule has 0 bridgehead atoms. The van der Waals surface area contributed by atoms with Crippen LogP contribution in [-0.4, -0.2) is 31.6 Å². The molecule has 6 nitrogen and oxygen atoms in total. The number of nitrogens with zero attached hydrogens (tertiary/aromatic N) is 1. The van der Waals surface area contributed by atoms with Gasteiger partial charge < -0.3 is 19.7 Å². The highest BCUT2D eigenvalue weighted by atomic mass is 19.1. The molecular weight excluding hydrogens is 370 g/mol. The van der Waals surface area contributed by atoms with E-state index in [9.17, 15) is 18.4 Å². The van der Waals surface area contributed by atoms with Gasteiger partial charge in [0.1, 0.15) is 24.8 Å². The zero-order chi connectivity index (χ0) is 19.7. The molecule has 28 heavy (non-hydrogen) atoms. The van der Waals surface area contributed by atoms with Crippen molar-refractivity contribution in [3.05, 3.63) is 53.6 Å². The average Bonchev–Trinajstić information content (AvgIpc) is 3.10. The first-order chi connectivity index (χ1) is 13.5. The van der Waals surface area contributed by atoms with Gasteiger partial charge in [0.15, 0.2) is 11.5 Å². The van der Waals surface area contributed by atoms with Gasteiger partial charge in [0.25, 0.3) is 0 Å². The smallest absolute Gasteiger partial charge is 0.227 e. The van der Waals surface area contributed by atoms with Crippen LogP contribution in [0.1, 0.15) is 12.0 Å². The van der Waals surface area contributed by atoms with Crippen molar-refractivity contribution in [1.29, 1.82) is 0 Å². The van der Waals surface area contributed by atoms with Crippen molar-refractivity contribution < 1.29 is 27.8 Å². The molecule has 0 aliphatic carbocycles. The van der Waals surface area contributed by atoms with E-state index in [4.69, 9.17) is 9.47 Å². The minimum Gasteiger partial charge on any atom is -0.486 e. The van der Waals surface area contributed by atoms with Crippen molar-refractivity contribution in [2.45, 2.75) is 13.0 Å². The lowest BCUT2D eigenvalue weighted by Crippen LogP contribution is -2.32. The minimum atomic E-state index is -0.595. The highest BCUT2D eigenvalue weighted by molar-refractivity contribution is 6.00. The number of fused-ring (bicyclic) bond motifs is 1. The summed E-state index contributed by atoms with van der Waals surface area (Å²) in [6.07, 6.45) is 0.0475. The van der Waals surface area contributed by atoms with Crippen molar-refractivity contribution in [2.24, 2.45) is 5.92 Å². The summed E-state index contributed by atoms with van der Waals surface area (Å²) in [6.45, 7) is 0.975. The fraction of sp³-hybridized carbons (Fsp3) is 0.300. The van der Waals surface area contributed by atoms with Crippen molar-refractivity contribution in [3.63, 3.8) is 0 Å². The first-order valence-corrected chi connectivity index (χ1v) is 8.93. The van der Waals surface area contributed by atoms with Crippen LogP contribution in [0.5, 0.6) is 11.5 Å². The number of carbonyl (C=O) groups excluding carboxylic acids is 2. The third-order valence-corrected chi connectivity index (χ3v) is 4.79. The van der Waals surface area contributed by atoms with Crippen LogP contribution in [-0.2, 0) is 16.1 Å². The predicted molar refractivity (Wildman–Crippen MR) is 96.1 cm³/mol. The van der Waals surface area contributed by atoms with Crippen molar-refractivity contribution in [3.8, 4) is 11.5 Å². The fourth-order valence-electron chi connectivity index (χ4n) is 3.34. The van der Waals surface area contributed by atoms with E-state index in [0.717, 1.165) is 18.2 Å². The SMILES string of the molecule is O=C(NCc1cc(F)ccc1F)C1CC(=O)N(c2ccc3c(c2)OCCO3)C1. The summed E-state index contributed by atoms with van der Waals surface area (Å²) in [5.41, 5.74) is 0.682. The first-order valence-electron chi connectivity index (χ1n) is 8.93. The molecule has 2 aromatic carbocycles. The van der Waals surface area contributed by atoms with Crippen LogP contribution in [0.3, 0.4) is 0 Å². The Balaban J connectivity index is 1.41. The number of halogens is 2. The van der Waals surface area contributed by atoms with E-state index in [1.165, 1.54) is 4.90 Å². The number of ether oxygens (including phenoxy) is 2. The summed E-state index contributed by atoms with van der Waals surface area (Å²) in [6, 6.07) is 8.26. The molecule has 2 heterocycles. The second-order valence-electron chi connectivity index (χ2n) is 6.69. The molecule has 146 valence electrons. The zero-order valence-electron chi connectivity index (χ0n) is 14.9. The van der Waals surface area contributed by atoms with Gasteiger partial charge in [-0.1, -0.05) is 0 Å². The topological polar surface area (TPSA) is 67.9 Å². The maximum absolute atomic E-state index is 13.7. The summed E-state index contributed by atoms with van der Waals surface area (Å²) in [5, 5.41) is 2.58. The van der Waals surface area contributed by atoms with Gasteiger partial charge in [-0.2, -0.15) is 0 Å². The van der Waals surface area contributed by atoms with Crippen LogP contribution in [0.25, 0.3) is 0 Å². The number of anilines is 1. The van der Waals surface area contributed by atoms with E-state index in [1.54, 1.807) is 18.2 Å². The molecule has 0 spiro atoms. The highest BCUT2D eigenvalue weighted by Crippen LogP contribution is 2.36. The lowest BCUT2D eigenvalue weighted by atomic mass is 10.1. The molecule has 1 N–H and O–H groups in total. The molecule has 2 aliphatic heterocycles. The van der Waals surface area contributed by atoms with Crippen molar-refractivity contribution in [2.75, 3.05) is 24.7 Å². The molecular formula is C20H18F2N2O4. The quantitative estimate of drug-likeness (QED) is 0.874. The Kier molecular flexibility index (Phi) is 4.85. The molecule has 1 atom stereocenters. The highest BCUT2D eigenvalue weighted by Gasteiger charge is 2.35. The van der Waals surface area contributed by atoms with E-state index in [-0.39, 0.29) is 36.9 Å². The number of amides is 2. The lowest BCUT2D eigenvalue weighted by molar-refractivity contribution is -0.126. The van der Waals surface area contributed by atoms with Gasteiger partial charge in [-0.3, -0.25) is 9.59 Å². The molecule has 2 amide bonds. The molecule has 1 saturated heterocycles. The molecule has 0 aromatic heterocycles. The van der Waals surface area contributed by atoms with Gasteiger partial charge in [0.2, 0.25) is 11.8 Å². The molecule has 2 aliphatic rings. The summed E-state index contributed by atoms with van der Waals surface area (Å²) >= 11 is 0. The number of carbonyl (C=O) groups is 2. The molecule has 1 fully saturated rings. The van der Waals surface area contributed by atoms with Gasteiger partial charge >= 0.3 is 0 Å². The Morgan fingerprint density at radius 1 is 1.11 bits per heavy atom. The van der Waals surface area contributed by atoms with Crippen LogP contribution in [0, 0.1) is 17.6 Å². The maximum Gasteiger partial charge on any atom is 0.227 e. The lowest BCUT2D eigenvalue weighted by Gasteiger charge is -2.22. The maximum atomic E-state index is 13.7. The molecule has 0 radical (unpaired) electrons. The zero-order valence-corrected chi connectivity index (χ0v) is 14.9. The number of benzene rings is 2. The third-order valence-electron chi connectivity index (χ3n) is 4.79. The van der Waals surface area contributed by atoms with Crippen molar-refractivity contribution >= 4 is 17.5 Å². The molecule has 0 saturated carbocycles. The Morgan fingerprint density at radius 2 is 1.89 bits per heavy atom. The Hall–Kier alpha value is -3.16. The van der Waals surface area contributed by atoms with Gasteiger partial charge in [-0.15, -0.1) is 0 Å². The monoisotopic (exact) mass is 388 g/mol. The van der Waals surface area contributed by atoms with Crippen molar-refractivity contribution in [1.82, 2.24) is 5.32 Å². The van der Waals surface area contributed by atoms with Gasteiger partial charge in [-0.05, 0) is 30.3 Å². The van der Waals surface area contributed by atoms with Gasteiger partial charge in [0.05, 0.1) is 5.92 Å². The summed E-state index contributed by atoms with van der Waals surface area (Å²) < 4.78 is 37.9. The summed E-state index contributed by atoms with van der Waals surface area (Å²) in [7, 11) is 0. The number of hydrogen-bond donors (Lipinski definition) is 1. The number of nitrogens with one attached hydrogen (secondary N) is 1. The molecule has 8 heteroatoms. The van der Waals surface area contributed by atoms with Crippen LogP contribution in [0.2, 0.25) is 0 Å². The first kappa shape index (κ1) is 18.2. The second-order valence-corrected chi connectivity index (χ2v) is 6.69. The molecule has 2 aromatic rings. The third kappa shape index (κ3) is 3.62. The summed E-state index contributed by atoms with van der Waals surface area (Å²) in [5.74, 6) is -1.13. The fourth-order valence-corrected chi connectivity index (χ4v) is 3.34. The Bertz CT molecular complexity index is 934. The van der Waals surface area contributed by atoms with E-state index in [0.29, 0.717) is 30.4 Å². The summed E-state index contributed by atoms with van der Waals surface area (Å²) in [4.78, 5) is 26.3. The average molecular weight is 388 g/mol. The van der Waals surface area contributed by atoms with E-state index in [2.05, 4.69) is 5.32 Å². The predicted octanol–water partition coefficient (Wildman–Crippen LogP) is 2.41. The standard InChI is InChI=1S/C20H18F2N2O4/c21-14-1-3-16(22)12(7-14)10-23-20(26)13-8-19(25)24(11-13)15-2-4-17-18(9-15)28-6-5-27-17/h1-4,7,9,13H,5-6,8,10-11H2,(H,23,26). The normalized spacial score (nSPS) is 18.3. The minimum absolute atomic E-state index is 0.0475. The Labute approximate surface area is 160 Å². The van der Waals surface area contributed by atoms with Crippen LogP contribution in [0.15, 0.2) is 36.4 Å². The van der Waals surface area contributed by atoms with Crippen LogP contribution < -0.4 is 19.7 Å². The van der Waals surface area contributed by atoms with Gasteiger partial charge in [0, 0.05) is 36.8 Å². The van der Waals surface area contributed by atoms with Crippen LogP contribution in [0.4, 0.5) is 14.5 Å². The Morgan fingerprint density at radius 3 is 2.71 bits per heavy atom. The van der Waals surface area contributed by atoms with E-state index in [1.807, 2.05) is 0 Å². The second kappa shape index (κ2) is 7.46.